The lowest BCUT2D eigenvalue weighted by atomic mass is 9.95. The third-order valence-corrected chi connectivity index (χ3v) is 7.35. The molecule has 0 bridgehead atoms. The van der Waals surface area contributed by atoms with E-state index in [2.05, 4.69) is 42.7 Å². The highest BCUT2D eigenvalue weighted by Crippen LogP contribution is 2.44. The number of carbonyl (C=O) groups excluding carboxylic acids is 1. The highest BCUT2D eigenvalue weighted by molar-refractivity contribution is 7.98. The minimum Gasteiger partial charge on any atom is -0.488 e. The van der Waals surface area contributed by atoms with E-state index in [-0.39, 0.29) is 12.6 Å². The fraction of sp³-hybridized carbons (Fsp3) is 0.182. The van der Waals surface area contributed by atoms with E-state index >= 15 is 0 Å². The summed E-state index contributed by atoms with van der Waals surface area (Å²) in [5, 5.41) is 0. The van der Waals surface area contributed by atoms with E-state index in [0.29, 0.717) is 12.2 Å². The Morgan fingerprint density at radius 3 is 2.19 bits per heavy atom. The molecule has 0 fully saturated rings. The minimum atomic E-state index is -0.304. The molecule has 0 saturated heterocycles. The Kier molecular flexibility index (Phi) is 8.07. The van der Waals surface area contributed by atoms with Gasteiger partial charge in [-0.05, 0) is 83.7 Å². The number of ether oxygens (including phenoxy) is 2. The van der Waals surface area contributed by atoms with Gasteiger partial charge in [-0.2, -0.15) is 0 Å². The Morgan fingerprint density at radius 2 is 1.46 bits per heavy atom. The maximum atomic E-state index is 12.8. The van der Waals surface area contributed by atoms with Crippen LogP contribution in [-0.2, 0) is 18.0 Å². The lowest BCUT2D eigenvalue weighted by Gasteiger charge is -2.16. The van der Waals surface area contributed by atoms with Gasteiger partial charge in [0.1, 0.15) is 19.0 Å². The summed E-state index contributed by atoms with van der Waals surface area (Å²) < 4.78 is 11.9. The molecule has 0 aliphatic heterocycles. The Bertz CT molecular complexity index is 1390. The minimum absolute atomic E-state index is 0.265. The lowest BCUT2D eigenvalue weighted by Crippen LogP contribution is -2.05. The first-order chi connectivity index (χ1) is 18.2. The van der Waals surface area contributed by atoms with Crippen LogP contribution in [0.15, 0.2) is 108 Å². The molecule has 0 N–H and O–H groups in total. The van der Waals surface area contributed by atoms with Gasteiger partial charge in [0.2, 0.25) is 0 Å². The number of allylic oxidation sites excluding steroid dienone is 2. The SMILES string of the molecule is CSc1ccc(OCc2ccccc2)c(C2=C(c3cccc(C(=O)OCc4ccccc4)c3)CCC2)c1. The third-order valence-electron chi connectivity index (χ3n) is 6.63. The van der Waals surface area contributed by atoms with Gasteiger partial charge < -0.3 is 9.47 Å². The van der Waals surface area contributed by atoms with Gasteiger partial charge in [-0.3, -0.25) is 0 Å². The van der Waals surface area contributed by atoms with Gasteiger partial charge in [-0.15, -0.1) is 11.8 Å². The normalized spacial score (nSPS) is 13.0. The van der Waals surface area contributed by atoms with Crippen molar-refractivity contribution >= 4 is 28.9 Å². The molecular weight excluding hydrogens is 476 g/mol. The summed E-state index contributed by atoms with van der Waals surface area (Å²) in [7, 11) is 0. The van der Waals surface area contributed by atoms with Gasteiger partial charge in [-0.25, -0.2) is 4.79 Å². The van der Waals surface area contributed by atoms with E-state index in [1.807, 2.05) is 66.7 Å². The quantitative estimate of drug-likeness (QED) is 0.169. The monoisotopic (exact) mass is 506 g/mol. The van der Waals surface area contributed by atoms with Crippen molar-refractivity contribution in [3.63, 3.8) is 0 Å². The van der Waals surface area contributed by atoms with Gasteiger partial charge >= 0.3 is 5.97 Å². The fourth-order valence-corrected chi connectivity index (χ4v) is 5.17. The highest BCUT2D eigenvalue weighted by atomic mass is 32.2. The summed E-state index contributed by atoms with van der Waals surface area (Å²) >= 11 is 1.73. The second-order valence-electron chi connectivity index (χ2n) is 9.09. The van der Waals surface area contributed by atoms with E-state index < -0.39 is 0 Å². The van der Waals surface area contributed by atoms with Crippen molar-refractivity contribution in [2.75, 3.05) is 6.26 Å². The summed E-state index contributed by atoms with van der Waals surface area (Å²) in [6.07, 6.45) is 5.13. The zero-order valence-corrected chi connectivity index (χ0v) is 21.8. The molecule has 0 unspecified atom stereocenters. The summed E-state index contributed by atoms with van der Waals surface area (Å²) in [5.74, 6) is 0.594. The number of carbonyl (C=O) groups is 1. The molecule has 3 nitrogen and oxygen atoms in total. The van der Waals surface area contributed by atoms with Crippen LogP contribution in [0.25, 0.3) is 11.1 Å². The van der Waals surface area contributed by atoms with Crippen LogP contribution in [0.5, 0.6) is 5.75 Å². The van der Waals surface area contributed by atoms with Crippen LogP contribution in [0.2, 0.25) is 0 Å². The van der Waals surface area contributed by atoms with Crippen molar-refractivity contribution in [2.24, 2.45) is 0 Å². The standard InChI is InChI=1S/C33H30O3S/c1-37-28-18-19-32(35-22-24-10-4-2-5-11-24)31(21-28)30-17-9-16-29(30)26-14-8-15-27(20-26)33(34)36-23-25-12-6-3-7-13-25/h2-8,10-15,18-21H,9,16-17,22-23H2,1H3. The number of esters is 1. The van der Waals surface area contributed by atoms with Crippen LogP contribution in [0, 0.1) is 0 Å². The Morgan fingerprint density at radius 1 is 0.757 bits per heavy atom. The first-order valence-electron chi connectivity index (χ1n) is 12.6. The molecule has 1 aliphatic carbocycles. The molecule has 0 aromatic heterocycles. The maximum absolute atomic E-state index is 12.8. The van der Waals surface area contributed by atoms with Crippen LogP contribution in [0.1, 0.15) is 51.9 Å². The van der Waals surface area contributed by atoms with Crippen molar-refractivity contribution in [3.05, 3.63) is 131 Å². The van der Waals surface area contributed by atoms with Crippen molar-refractivity contribution in [1.82, 2.24) is 0 Å². The number of thioether (sulfide) groups is 1. The third kappa shape index (κ3) is 6.15. The predicted octanol–water partition coefficient (Wildman–Crippen LogP) is 8.44. The van der Waals surface area contributed by atoms with Crippen molar-refractivity contribution in [3.8, 4) is 5.75 Å². The molecule has 4 aromatic rings. The molecule has 0 heterocycles. The topological polar surface area (TPSA) is 35.5 Å². The van der Waals surface area contributed by atoms with Gasteiger partial charge in [-0.1, -0.05) is 72.8 Å². The number of hydrogen-bond donors (Lipinski definition) is 0. The molecule has 0 spiro atoms. The predicted molar refractivity (Wildman–Crippen MR) is 152 cm³/mol. The van der Waals surface area contributed by atoms with Crippen LogP contribution in [-0.4, -0.2) is 12.2 Å². The molecule has 0 atom stereocenters. The second-order valence-corrected chi connectivity index (χ2v) is 9.97. The summed E-state index contributed by atoms with van der Waals surface area (Å²) in [4.78, 5) is 14.0. The molecule has 37 heavy (non-hydrogen) atoms. The van der Waals surface area contributed by atoms with Crippen LogP contribution < -0.4 is 4.74 Å². The van der Waals surface area contributed by atoms with Gasteiger partial charge in [0.05, 0.1) is 5.56 Å². The lowest BCUT2D eigenvalue weighted by molar-refractivity contribution is 0.0472. The van der Waals surface area contributed by atoms with Crippen LogP contribution in [0.4, 0.5) is 0 Å². The second kappa shape index (κ2) is 12.0. The Labute approximate surface area is 223 Å². The molecular formula is C33H30O3S. The van der Waals surface area contributed by atoms with Crippen molar-refractivity contribution < 1.29 is 14.3 Å². The first-order valence-corrected chi connectivity index (χ1v) is 13.8. The zero-order valence-electron chi connectivity index (χ0n) is 21.0. The van der Waals surface area contributed by atoms with E-state index in [1.54, 1.807) is 11.8 Å². The zero-order chi connectivity index (χ0) is 25.5. The molecule has 5 rings (SSSR count). The van der Waals surface area contributed by atoms with E-state index in [1.165, 1.54) is 16.0 Å². The van der Waals surface area contributed by atoms with Crippen molar-refractivity contribution in [1.29, 1.82) is 0 Å². The Hall–Kier alpha value is -3.76. The van der Waals surface area contributed by atoms with E-state index in [4.69, 9.17) is 9.47 Å². The highest BCUT2D eigenvalue weighted by Gasteiger charge is 2.22. The molecule has 186 valence electrons. The maximum Gasteiger partial charge on any atom is 0.338 e. The average Bonchev–Trinajstić information content (AvgIpc) is 3.46. The number of benzene rings is 4. The molecule has 0 saturated carbocycles. The molecule has 0 radical (unpaired) electrons. The number of hydrogen-bond acceptors (Lipinski definition) is 4. The van der Waals surface area contributed by atoms with Crippen molar-refractivity contribution in [2.45, 2.75) is 37.4 Å². The van der Waals surface area contributed by atoms with Gasteiger partial charge in [0, 0.05) is 10.5 Å². The fourth-order valence-electron chi connectivity index (χ4n) is 4.73. The summed E-state index contributed by atoms with van der Waals surface area (Å²) in [6.45, 7) is 0.791. The van der Waals surface area contributed by atoms with Crippen LogP contribution >= 0.6 is 11.8 Å². The Balaban J connectivity index is 1.42. The van der Waals surface area contributed by atoms with E-state index in [9.17, 15) is 4.79 Å². The summed E-state index contributed by atoms with van der Waals surface area (Å²) in [5.41, 5.74) is 7.49. The first kappa shape index (κ1) is 24.9. The largest absolute Gasteiger partial charge is 0.488 e. The number of rotatable bonds is 9. The van der Waals surface area contributed by atoms with Gasteiger partial charge in [0.25, 0.3) is 0 Å². The van der Waals surface area contributed by atoms with Gasteiger partial charge in [0.15, 0.2) is 0 Å². The smallest absolute Gasteiger partial charge is 0.338 e. The van der Waals surface area contributed by atoms with Crippen LogP contribution in [0.3, 0.4) is 0 Å². The molecule has 0 amide bonds. The summed E-state index contributed by atoms with van der Waals surface area (Å²) in [6, 6.07) is 34.3. The molecule has 4 heteroatoms. The van der Waals surface area contributed by atoms with E-state index in [0.717, 1.165) is 47.3 Å². The molecule has 1 aliphatic rings. The average molecular weight is 507 g/mol. The molecule has 4 aromatic carbocycles.